The van der Waals surface area contributed by atoms with E-state index in [4.69, 9.17) is 5.73 Å². The number of carbonyl (C=O) groups is 1. The second-order valence-corrected chi connectivity index (χ2v) is 9.87. The molecule has 0 radical (unpaired) electrons. The van der Waals surface area contributed by atoms with Crippen molar-refractivity contribution >= 4 is 22.4 Å². The molecule has 3 heteroatoms. The summed E-state index contributed by atoms with van der Waals surface area (Å²) < 4.78 is 0. The van der Waals surface area contributed by atoms with Gasteiger partial charge in [0.2, 0.25) is 0 Å². The fourth-order valence-electron chi connectivity index (χ4n) is 5.17. The van der Waals surface area contributed by atoms with E-state index in [-0.39, 0.29) is 11.4 Å². The first-order valence-electron chi connectivity index (χ1n) is 12.4. The molecule has 36 heavy (non-hydrogen) atoms. The second-order valence-electron chi connectivity index (χ2n) is 9.87. The first kappa shape index (κ1) is 22.3. The molecule has 0 saturated heterocycles. The third kappa shape index (κ3) is 4.53. The van der Waals surface area contributed by atoms with Gasteiger partial charge in [0.1, 0.15) is 0 Å². The van der Waals surface area contributed by atoms with Crippen molar-refractivity contribution in [2.24, 2.45) is 5.73 Å². The van der Waals surface area contributed by atoms with E-state index < -0.39 is 0 Å². The van der Waals surface area contributed by atoms with Crippen molar-refractivity contribution in [2.75, 3.05) is 5.32 Å². The van der Waals surface area contributed by atoms with Crippen LogP contribution in [-0.2, 0) is 6.42 Å². The number of anilines is 1. The first-order valence-corrected chi connectivity index (χ1v) is 12.4. The highest BCUT2D eigenvalue weighted by Crippen LogP contribution is 2.51. The molecule has 5 aromatic carbocycles. The highest BCUT2D eigenvalue weighted by molar-refractivity contribution is 6.05. The summed E-state index contributed by atoms with van der Waals surface area (Å²) in [6.45, 7) is 0. The van der Waals surface area contributed by atoms with Gasteiger partial charge >= 0.3 is 0 Å². The maximum absolute atomic E-state index is 12.9. The van der Waals surface area contributed by atoms with Gasteiger partial charge < -0.3 is 11.1 Å². The summed E-state index contributed by atoms with van der Waals surface area (Å²) in [6, 6.07) is 41.0. The van der Waals surface area contributed by atoms with E-state index in [1.54, 1.807) is 0 Å². The number of carbonyl (C=O) groups excluding carboxylic acids is 1. The molecule has 1 aliphatic rings. The van der Waals surface area contributed by atoms with Crippen LogP contribution in [0.15, 0.2) is 121 Å². The largest absolute Gasteiger partial charge is 0.324 e. The monoisotopic (exact) mass is 468 g/mol. The van der Waals surface area contributed by atoms with Crippen molar-refractivity contribution in [3.63, 3.8) is 0 Å². The van der Waals surface area contributed by atoms with Crippen LogP contribution in [0.5, 0.6) is 0 Å². The Kier molecular flexibility index (Phi) is 5.63. The van der Waals surface area contributed by atoms with Gasteiger partial charge in [-0.25, -0.2) is 0 Å². The summed E-state index contributed by atoms with van der Waals surface area (Å²) in [6.07, 6.45) is 1.83. The van der Waals surface area contributed by atoms with Gasteiger partial charge in [0, 0.05) is 22.7 Å². The lowest BCUT2D eigenvalue weighted by Gasteiger charge is -2.13. The van der Waals surface area contributed by atoms with Gasteiger partial charge in [-0.2, -0.15) is 0 Å². The molecule has 176 valence electrons. The molecule has 1 amide bonds. The SMILES string of the molecule is NC1(Cc2ccc3ccccc3c2)CC1c1ccc(NC(=O)c2cccc(-c3ccccc3)c2)cc1. The molecule has 0 bridgehead atoms. The number of fused-ring (bicyclic) bond motifs is 1. The fraction of sp³-hybridized carbons (Fsp3) is 0.121. The van der Waals surface area contributed by atoms with E-state index in [1.807, 2.05) is 66.7 Å². The molecule has 2 atom stereocenters. The molecular formula is C33H28N2O. The standard InChI is InChI=1S/C33H28N2O/c34-33(21-23-13-14-25-9-4-5-10-27(25)19-23)22-31(33)26-15-17-30(18-16-26)35-32(36)29-12-6-11-28(20-29)24-7-2-1-3-8-24/h1-20,31H,21-22,34H2,(H,35,36). The lowest BCUT2D eigenvalue weighted by atomic mass is 9.97. The highest BCUT2D eigenvalue weighted by Gasteiger charge is 2.51. The van der Waals surface area contributed by atoms with E-state index in [2.05, 4.69) is 59.9 Å². The number of nitrogens with two attached hydrogens (primary N) is 1. The van der Waals surface area contributed by atoms with Crippen LogP contribution in [0.25, 0.3) is 21.9 Å². The molecule has 2 unspecified atom stereocenters. The van der Waals surface area contributed by atoms with Crippen LogP contribution >= 0.6 is 0 Å². The summed E-state index contributed by atoms with van der Waals surface area (Å²) in [5.74, 6) is 0.215. The number of nitrogens with one attached hydrogen (secondary N) is 1. The smallest absolute Gasteiger partial charge is 0.255 e. The zero-order chi connectivity index (χ0) is 24.5. The van der Waals surface area contributed by atoms with Gasteiger partial charge in [-0.3, -0.25) is 4.79 Å². The maximum atomic E-state index is 12.9. The third-order valence-electron chi connectivity index (χ3n) is 7.27. The molecule has 0 aromatic heterocycles. The van der Waals surface area contributed by atoms with Crippen molar-refractivity contribution in [3.8, 4) is 11.1 Å². The Balaban J connectivity index is 1.11. The average Bonchev–Trinajstić information content (AvgIpc) is 3.59. The number of rotatable bonds is 6. The average molecular weight is 469 g/mol. The number of hydrogen-bond acceptors (Lipinski definition) is 2. The molecule has 3 N–H and O–H groups in total. The molecule has 1 fully saturated rings. The molecule has 1 aliphatic carbocycles. The van der Waals surface area contributed by atoms with E-state index in [0.717, 1.165) is 29.7 Å². The number of hydrogen-bond donors (Lipinski definition) is 2. The molecule has 0 spiro atoms. The van der Waals surface area contributed by atoms with Crippen LogP contribution in [0.1, 0.15) is 33.8 Å². The van der Waals surface area contributed by atoms with E-state index in [0.29, 0.717) is 11.5 Å². The van der Waals surface area contributed by atoms with Crippen LogP contribution in [0, 0.1) is 0 Å². The summed E-state index contributed by atoms with van der Waals surface area (Å²) in [5.41, 5.74) is 12.6. The van der Waals surface area contributed by atoms with Gasteiger partial charge in [0.25, 0.3) is 5.91 Å². The Morgan fingerprint density at radius 1 is 0.750 bits per heavy atom. The van der Waals surface area contributed by atoms with Crippen LogP contribution in [-0.4, -0.2) is 11.4 Å². The zero-order valence-electron chi connectivity index (χ0n) is 20.0. The Labute approximate surface area is 211 Å². The summed E-state index contributed by atoms with van der Waals surface area (Å²) in [4.78, 5) is 12.9. The highest BCUT2D eigenvalue weighted by atomic mass is 16.1. The summed E-state index contributed by atoms with van der Waals surface area (Å²) in [5, 5.41) is 5.54. The quantitative estimate of drug-likeness (QED) is 0.277. The minimum Gasteiger partial charge on any atom is -0.324 e. The summed E-state index contributed by atoms with van der Waals surface area (Å²) >= 11 is 0. The number of benzene rings is 5. The fourth-order valence-corrected chi connectivity index (χ4v) is 5.17. The van der Waals surface area contributed by atoms with E-state index in [1.165, 1.54) is 21.9 Å². The molecule has 1 saturated carbocycles. The maximum Gasteiger partial charge on any atom is 0.255 e. The molecule has 5 aromatic rings. The van der Waals surface area contributed by atoms with Crippen LogP contribution < -0.4 is 11.1 Å². The molecule has 0 heterocycles. The predicted octanol–water partition coefficient (Wildman–Crippen LogP) is 7.19. The van der Waals surface area contributed by atoms with Crippen molar-refractivity contribution in [3.05, 3.63) is 138 Å². The lowest BCUT2D eigenvalue weighted by molar-refractivity contribution is 0.102. The molecule has 0 aliphatic heterocycles. The van der Waals surface area contributed by atoms with Crippen LogP contribution in [0.2, 0.25) is 0 Å². The Morgan fingerprint density at radius 3 is 2.28 bits per heavy atom. The summed E-state index contributed by atoms with van der Waals surface area (Å²) in [7, 11) is 0. The Bertz CT molecular complexity index is 1540. The van der Waals surface area contributed by atoms with Crippen molar-refractivity contribution in [1.29, 1.82) is 0 Å². The van der Waals surface area contributed by atoms with Gasteiger partial charge in [0.05, 0.1) is 0 Å². The molecule has 3 nitrogen and oxygen atoms in total. The van der Waals surface area contributed by atoms with Crippen molar-refractivity contribution in [1.82, 2.24) is 0 Å². The van der Waals surface area contributed by atoms with Gasteiger partial charge in [-0.15, -0.1) is 0 Å². The minimum absolute atomic E-state index is 0.114. The van der Waals surface area contributed by atoms with Crippen molar-refractivity contribution in [2.45, 2.75) is 24.3 Å². The Morgan fingerprint density at radius 2 is 1.47 bits per heavy atom. The third-order valence-corrected chi connectivity index (χ3v) is 7.27. The minimum atomic E-state index is -0.217. The second kappa shape index (κ2) is 9.10. The predicted molar refractivity (Wildman–Crippen MR) is 148 cm³/mol. The van der Waals surface area contributed by atoms with Crippen LogP contribution in [0.3, 0.4) is 0 Å². The normalized spacial score (nSPS) is 18.6. The van der Waals surface area contributed by atoms with E-state index >= 15 is 0 Å². The van der Waals surface area contributed by atoms with Crippen molar-refractivity contribution < 1.29 is 4.79 Å². The number of amides is 1. The van der Waals surface area contributed by atoms with Gasteiger partial charge in [-0.05, 0) is 70.1 Å². The lowest BCUT2D eigenvalue weighted by Crippen LogP contribution is -2.27. The molecular weight excluding hydrogens is 440 g/mol. The first-order chi connectivity index (χ1) is 17.6. The zero-order valence-corrected chi connectivity index (χ0v) is 20.0. The topological polar surface area (TPSA) is 55.1 Å². The Hall–Kier alpha value is -4.21. The molecule has 6 rings (SSSR count). The van der Waals surface area contributed by atoms with Crippen LogP contribution in [0.4, 0.5) is 5.69 Å². The van der Waals surface area contributed by atoms with Gasteiger partial charge in [0.15, 0.2) is 0 Å². The van der Waals surface area contributed by atoms with E-state index in [9.17, 15) is 4.79 Å². The van der Waals surface area contributed by atoms with Gasteiger partial charge in [-0.1, -0.05) is 97.1 Å².